The summed E-state index contributed by atoms with van der Waals surface area (Å²) < 4.78 is 17.9. The van der Waals surface area contributed by atoms with Gasteiger partial charge in [-0.05, 0) is 68.9 Å². The minimum atomic E-state index is 0.320. The quantitative estimate of drug-likeness (QED) is 0.590. The fraction of sp³-hybridized carbons (Fsp3) is 0.720. The van der Waals surface area contributed by atoms with Crippen LogP contribution >= 0.6 is 11.3 Å². The van der Waals surface area contributed by atoms with Crippen molar-refractivity contribution in [3.8, 4) is 5.75 Å². The van der Waals surface area contributed by atoms with Crippen molar-refractivity contribution >= 4 is 21.6 Å². The monoisotopic (exact) mass is 444 g/mol. The van der Waals surface area contributed by atoms with Crippen molar-refractivity contribution in [2.24, 2.45) is 0 Å². The van der Waals surface area contributed by atoms with Gasteiger partial charge in [0.2, 0.25) is 0 Å². The maximum Gasteiger partial charge on any atom is 0.131 e. The van der Waals surface area contributed by atoms with Crippen LogP contribution < -0.4 is 4.74 Å². The van der Waals surface area contributed by atoms with Gasteiger partial charge in [-0.1, -0.05) is 6.92 Å². The molecule has 3 heterocycles. The van der Waals surface area contributed by atoms with Crippen molar-refractivity contribution in [1.82, 2.24) is 9.88 Å². The SMILES string of the molecule is CC[C@H](C[C@H]1CCc2sc3nccc(OC4CCC(N5CCOCC5)CC4)c3c21)OC. The number of rotatable bonds is 7. The summed E-state index contributed by atoms with van der Waals surface area (Å²) in [4.78, 5) is 10.0. The molecule has 2 atom stereocenters. The summed E-state index contributed by atoms with van der Waals surface area (Å²) in [7, 11) is 1.85. The van der Waals surface area contributed by atoms with Crippen LogP contribution in [0.4, 0.5) is 0 Å². The molecule has 2 fully saturated rings. The van der Waals surface area contributed by atoms with E-state index in [1.807, 2.05) is 24.6 Å². The zero-order valence-electron chi connectivity index (χ0n) is 19.0. The van der Waals surface area contributed by atoms with Gasteiger partial charge in [-0.25, -0.2) is 4.98 Å². The van der Waals surface area contributed by atoms with E-state index in [4.69, 9.17) is 19.2 Å². The first-order chi connectivity index (χ1) is 15.3. The Hall–Kier alpha value is -1.21. The first-order valence-electron chi connectivity index (χ1n) is 12.2. The molecule has 0 amide bonds. The van der Waals surface area contributed by atoms with Crippen LogP contribution in [0.5, 0.6) is 5.75 Å². The van der Waals surface area contributed by atoms with E-state index in [9.17, 15) is 0 Å². The molecule has 31 heavy (non-hydrogen) atoms. The molecule has 1 saturated heterocycles. The summed E-state index contributed by atoms with van der Waals surface area (Å²) in [5.74, 6) is 1.63. The number of fused-ring (bicyclic) bond motifs is 3. The smallest absolute Gasteiger partial charge is 0.131 e. The lowest BCUT2D eigenvalue weighted by molar-refractivity contribution is -0.000921. The van der Waals surface area contributed by atoms with E-state index in [1.165, 1.54) is 41.5 Å². The molecule has 0 unspecified atom stereocenters. The Morgan fingerprint density at radius 1 is 1.19 bits per heavy atom. The molecule has 2 aromatic rings. The standard InChI is InChI=1S/C25H36N2O3S/c1-3-19(28-2)16-17-4-9-22-23(17)24-21(10-11-26-25(24)31-22)30-20-7-5-18(6-8-20)27-12-14-29-15-13-27/h10-11,17-20H,3-9,12-16H2,1-2H3/t17-,18?,19-,20?/m1/s1. The second-order valence-corrected chi connectivity index (χ2v) is 10.4. The van der Waals surface area contributed by atoms with Gasteiger partial charge in [0.1, 0.15) is 10.6 Å². The summed E-state index contributed by atoms with van der Waals surface area (Å²) in [6.07, 6.45) is 11.9. The van der Waals surface area contributed by atoms with Crippen molar-refractivity contribution in [3.05, 3.63) is 22.7 Å². The predicted octanol–water partition coefficient (Wildman–Crippen LogP) is 5.16. The molecule has 5 nitrogen and oxygen atoms in total. The molecule has 6 heteroatoms. The van der Waals surface area contributed by atoms with Gasteiger partial charge in [-0.15, -0.1) is 11.3 Å². The van der Waals surface area contributed by atoms with Gasteiger partial charge in [0.05, 0.1) is 30.8 Å². The highest BCUT2D eigenvalue weighted by molar-refractivity contribution is 7.19. The third kappa shape index (κ3) is 4.50. The maximum atomic E-state index is 6.69. The molecule has 5 rings (SSSR count). The van der Waals surface area contributed by atoms with Crippen molar-refractivity contribution in [2.45, 2.75) is 82.5 Å². The number of ether oxygens (including phenoxy) is 3. The largest absolute Gasteiger partial charge is 0.490 e. The average molecular weight is 445 g/mol. The number of hydrogen-bond donors (Lipinski definition) is 0. The van der Waals surface area contributed by atoms with E-state index in [0.29, 0.717) is 24.2 Å². The fourth-order valence-electron chi connectivity index (χ4n) is 5.86. The molecule has 0 aromatic carbocycles. The van der Waals surface area contributed by atoms with Gasteiger partial charge in [0.15, 0.2) is 0 Å². The number of methoxy groups -OCH3 is 1. The van der Waals surface area contributed by atoms with E-state index in [0.717, 1.165) is 62.6 Å². The van der Waals surface area contributed by atoms with Gasteiger partial charge in [0.25, 0.3) is 0 Å². The lowest BCUT2D eigenvalue weighted by Crippen LogP contribution is -2.46. The fourth-order valence-corrected chi connectivity index (χ4v) is 7.12. The number of aryl methyl sites for hydroxylation is 1. The first kappa shape index (κ1) is 21.6. The number of pyridine rings is 1. The molecule has 1 aliphatic heterocycles. The van der Waals surface area contributed by atoms with Gasteiger partial charge in [-0.2, -0.15) is 0 Å². The van der Waals surface area contributed by atoms with Crippen LogP contribution in [-0.4, -0.2) is 61.5 Å². The van der Waals surface area contributed by atoms with Crippen LogP contribution in [0.15, 0.2) is 12.3 Å². The van der Waals surface area contributed by atoms with Gasteiger partial charge in [0, 0.05) is 37.3 Å². The zero-order chi connectivity index (χ0) is 21.2. The van der Waals surface area contributed by atoms with Crippen molar-refractivity contribution in [2.75, 3.05) is 33.4 Å². The molecule has 1 saturated carbocycles. The Balaban J connectivity index is 1.31. The van der Waals surface area contributed by atoms with E-state index < -0.39 is 0 Å². The van der Waals surface area contributed by atoms with Crippen LogP contribution in [0.3, 0.4) is 0 Å². The van der Waals surface area contributed by atoms with Crippen LogP contribution in [0.25, 0.3) is 10.2 Å². The molecule has 2 aromatic heterocycles. The maximum absolute atomic E-state index is 6.69. The summed E-state index contributed by atoms with van der Waals surface area (Å²) in [5.41, 5.74) is 1.51. The number of morpholine rings is 1. The normalized spacial score (nSPS) is 28.0. The Labute approximate surface area is 190 Å². The molecule has 0 bridgehead atoms. The van der Waals surface area contributed by atoms with E-state index in [1.54, 1.807) is 0 Å². The third-order valence-corrected chi connectivity index (χ3v) is 8.80. The molecule has 3 aliphatic rings. The Kier molecular flexibility index (Phi) is 6.79. The second kappa shape index (κ2) is 9.74. The van der Waals surface area contributed by atoms with E-state index in [2.05, 4.69) is 17.9 Å². The summed E-state index contributed by atoms with van der Waals surface area (Å²) >= 11 is 1.88. The van der Waals surface area contributed by atoms with Crippen molar-refractivity contribution in [1.29, 1.82) is 0 Å². The lowest BCUT2D eigenvalue weighted by atomic mass is 9.91. The van der Waals surface area contributed by atoms with Crippen LogP contribution in [0.1, 0.15) is 68.2 Å². The minimum Gasteiger partial charge on any atom is -0.490 e. The number of hydrogen-bond acceptors (Lipinski definition) is 6. The van der Waals surface area contributed by atoms with Gasteiger partial charge < -0.3 is 14.2 Å². The molecule has 0 radical (unpaired) electrons. The van der Waals surface area contributed by atoms with Gasteiger partial charge in [-0.3, -0.25) is 4.90 Å². The molecular weight excluding hydrogens is 408 g/mol. The van der Waals surface area contributed by atoms with E-state index >= 15 is 0 Å². The van der Waals surface area contributed by atoms with Crippen molar-refractivity contribution in [3.63, 3.8) is 0 Å². The van der Waals surface area contributed by atoms with Gasteiger partial charge >= 0.3 is 0 Å². The van der Waals surface area contributed by atoms with Crippen LogP contribution in [0, 0.1) is 0 Å². The highest BCUT2D eigenvalue weighted by Gasteiger charge is 2.32. The number of aromatic nitrogens is 1. The minimum absolute atomic E-state index is 0.320. The predicted molar refractivity (Wildman–Crippen MR) is 125 cm³/mol. The first-order valence-corrected chi connectivity index (χ1v) is 13.0. The highest BCUT2D eigenvalue weighted by Crippen LogP contribution is 2.48. The average Bonchev–Trinajstić information content (AvgIpc) is 3.38. The summed E-state index contributed by atoms with van der Waals surface area (Å²) in [6, 6.07) is 2.81. The zero-order valence-corrected chi connectivity index (χ0v) is 19.8. The molecular formula is C25H36N2O3S. The summed E-state index contributed by atoms with van der Waals surface area (Å²) in [6.45, 7) is 6.17. The van der Waals surface area contributed by atoms with Crippen LogP contribution in [0.2, 0.25) is 0 Å². The Morgan fingerprint density at radius 3 is 2.74 bits per heavy atom. The number of thiophene rings is 1. The van der Waals surface area contributed by atoms with E-state index in [-0.39, 0.29) is 0 Å². The topological polar surface area (TPSA) is 43.8 Å². The summed E-state index contributed by atoms with van der Waals surface area (Å²) in [5, 5.41) is 1.30. The van der Waals surface area contributed by atoms with Crippen molar-refractivity contribution < 1.29 is 14.2 Å². The molecule has 170 valence electrons. The Morgan fingerprint density at radius 2 is 2.00 bits per heavy atom. The Bertz CT molecular complexity index is 867. The third-order valence-electron chi connectivity index (χ3n) is 7.63. The second-order valence-electron chi connectivity index (χ2n) is 9.36. The lowest BCUT2D eigenvalue weighted by Gasteiger charge is -2.38. The highest BCUT2D eigenvalue weighted by atomic mass is 32.1. The number of nitrogens with zero attached hydrogens (tertiary/aromatic N) is 2. The molecule has 2 aliphatic carbocycles. The van der Waals surface area contributed by atoms with Crippen LogP contribution in [-0.2, 0) is 15.9 Å². The molecule has 0 spiro atoms. The molecule has 0 N–H and O–H groups in total.